The largest absolute Gasteiger partial charge is 3.00 e. The molecule has 126 valence electrons. The normalized spacial score (nSPS) is 8.39. The number of nitrogens with zero attached hydrogens (tertiary/aromatic N) is 7. The molecule has 10 nitrogen and oxygen atoms in total. The second-order valence-corrected chi connectivity index (χ2v) is 3.58. The fraction of sp³-hybridized carbons (Fsp3) is 0.417. The summed E-state index contributed by atoms with van der Waals surface area (Å²) in [4.78, 5) is 7.17. The summed E-state index contributed by atoms with van der Waals surface area (Å²) >= 11 is 0. The molecule has 1 aromatic rings. The van der Waals surface area contributed by atoms with Gasteiger partial charge < -0.3 is 37.7 Å². The Balaban J connectivity index is -0.000000497. The number of aliphatic hydroxyl groups excluding tert-OH is 1. The Hall–Kier alpha value is -2.26. The van der Waals surface area contributed by atoms with E-state index in [1.54, 1.807) is 18.3 Å². The minimum Gasteiger partial charge on any atom is -0.872 e. The molecule has 0 aromatic heterocycles. The zero-order valence-corrected chi connectivity index (χ0v) is 13.3. The predicted molar refractivity (Wildman–Crippen MR) is 83.1 cm³/mol. The summed E-state index contributed by atoms with van der Waals surface area (Å²) in [6, 6.07) is 6.84. The van der Waals surface area contributed by atoms with E-state index in [9.17, 15) is 5.11 Å². The quantitative estimate of drug-likeness (QED) is 0.246. The zero-order valence-electron chi connectivity index (χ0n) is 12.2. The average Bonchev–Trinajstić information content (AvgIpc) is 2.50. The van der Waals surface area contributed by atoms with Crippen molar-refractivity contribution < 1.29 is 27.0 Å². The summed E-state index contributed by atoms with van der Waals surface area (Å²) in [7, 11) is 0. The standard InChI is InChI=1S/C12H18N2O2.Co.2N3/c15-9-8-13-6-3-7-14-10-11-4-1-2-5-12(11)16;;2*1-3-2/h1-2,4-5,10,13,15-16H,3,6-9H2;;;/q;+3;2*-1/p-1. The van der Waals surface area contributed by atoms with Gasteiger partial charge in [-0.1, -0.05) is 24.3 Å². The molecule has 0 aliphatic rings. The molecule has 0 heterocycles. The van der Waals surface area contributed by atoms with Crippen molar-refractivity contribution in [2.24, 2.45) is 4.99 Å². The van der Waals surface area contributed by atoms with Gasteiger partial charge >= 0.3 is 16.8 Å². The summed E-state index contributed by atoms with van der Waals surface area (Å²) in [5.41, 5.74) is 27.6. The maximum absolute atomic E-state index is 11.3. The minimum absolute atomic E-state index is 0. The number of aliphatic hydroxyl groups is 1. The summed E-state index contributed by atoms with van der Waals surface area (Å²) < 4.78 is 0. The van der Waals surface area contributed by atoms with E-state index in [1.165, 1.54) is 15.9 Å². The van der Waals surface area contributed by atoms with Crippen LogP contribution in [-0.2, 0) is 16.8 Å². The Morgan fingerprint density at radius 1 is 1.13 bits per heavy atom. The minimum atomic E-state index is 0. The van der Waals surface area contributed by atoms with Gasteiger partial charge in [0.15, 0.2) is 0 Å². The van der Waals surface area contributed by atoms with Crippen LogP contribution in [0.15, 0.2) is 29.3 Å². The van der Waals surface area contributed by atoms with E-state index in [1.807, 2.05) is 6.07 Å². The predicted octanol–water partition coefficient (Wildman–Crippen LogP) is 1.88. The molecule has 0 aliphatic heterocycles. The molecule has 0 aliphatic carbocycles. The SMILES string of the molecule is [Co+3].[N-]=[N+]=[N-].[N-]=[N+]=[N-].[O-]c1ccccc1C=NCCCNCCO. The van der Waals surface area contributed by atoms with Crippen LogP contribution in [0.25, 0.3) is 31.9 Å². The number of nitrogens with one attached hydrogen (secondary N) is 1. The molecule has 1 aromatic carbocycles. The number of hydrogen-bond donors (Lipinski definition) is 2. The molecule has 23 heavy (non-hydrogen) atoms. The van der Waals surface area contributed by atoms with Crippen LogP contribution in [0.5, 0.6) is 5.75 Å². The maximum atomic E-state index is 11.3. The molecule has 0 spiro atoms. The van der Waals surface area contributed by atoms with Crippen molar-refractivity contribution in [1.82, 2.24) is 5.32 Å². The average molecular weight is 364 g/mol. The van der Waals surface area contributed by atoms with Gasteiger partial charge in [-0.3, -0.25) is 14.8 Å². The number of hydrogen-bond acceptors (Lipinski definition) is 4. The summed E-state index contributed by atoms with van der Waals surface area (Å²) in [6.07, 6.45) is 2.52. The van der Waals surface area contributed by atoms with E-state index >= 15 is 0 Å². The molecule has 0 fully saturated rings. The molecule has 1 rings (SSSR count). The van der Waals surface area contributed by atoms with Crippen molar-refractivity contribution in [2.45, 2.75) is 6.42 Å². The Morgan fingerprint density at radius 2 is 1.70 bits per heavy atom. The second kappa shape index (κ2) is 22.0. The molecular weight excluding hydrogens is 347 g/mol. The molecular formula is C12H17CoN8O2. The first-order valence-corrected chi connectivity index (χ1v) is 6.22. The number of rotatable bonds is 7. The van der Waals surface area contributed by atoms with Crippen LogP contribution in [0.1, 0.15) is 12.0 Å². The van der Waals surface area contributed by atoms with Gasteiger partial charge in [-0.25, -0.2) is 0 Å². The van der Waals surface area contributed by atoms with Crippen LogP contribution >= 0.6 is 0 Å². The number of aliphatic imine (C=N–C) groups is 1. The van der Waals surface area contributed by atoms with Crippen molar-refractivity contribution in [3.8, 4) is 5.75 Å². The molecule has 0 unspecified atom stereocenters. The van der Waals surface area contributed by atoms with E-state index in [-0.39, 0.29) is 29.1 Å². The molecule has 2 N–H and O–H groups in total. The monoisotopic (exact) mass is 364 g/mol. The first-order valence-electron chi connectivity index (χ1n) is 6.22. The topological polar surface area (TPSA) is 185 Å². The third-order valence-corrected chi connectivity index (χ3v) is 2.08. The van der Waals surface area contributed by atoms with E-state index in [4.69, 9.17) is 27.2 Å². The molecule has 11 heteroatoms. The Morgan fingerprint density at radius 3 is 2.22 bits per heavy atom. The molecule has 0 saturated heterocycles. The van der Waals surface area contributed by atoms with Gasteiger partial charge in [0.05, 0.1) is 6.61 Å². The second-order valence-electron chi connectivity index (χ2n) is 3.58. The van der Waals surface area contributed by atoms with Crippen LogP contribution in [0, 0.1) is 0 Å². The number of benzene rings is 1. The van der Waals surface area contributed by atoms with Gasteiger partial charge in [0.25, 0.3) is 0 Å². The summed E-state index contributed by atoms with van der Waals surface area (Å²) in [5, 5.41) is 22.9. The molecule has 0 amide bonds. The fourth-order valence-electron chi connectivity index (χ4n) is 1.25. The first-order chi connectivity index (χ1) is 10.7. The van der Waals surface area contributed by atoms with Gasteiger partial charge in [-0.15, -0.1) is 5.75 Å². The molecule has 0 saturated carbocycles. The first kappa shape index (κ1) is 25.7. The van der Waals surface area contributed by atoms with Gasteiger partial charge in [0.1, 0.15) is 0 Å². The molecule has 0 radical (unpaired) electrons. The molecule has 0 atom stereocenters. The maximum Gasteiger partial charge on any atom is 3.00 e. The van der Waals surface area contributed by atoms with Gasteiger partial charge in [-0.2, -0.15) is 0 Å². The summed E-state index contributed by atoms with van der Waals surface area (Å²) in [5.74, 6) is 0.00431. The van der Waals surface area contributed by atoms with E-state index in [0.29, 0.717) is 18.7 Å². The Labute approximate surface area is 144 Å². The van der Waals surface area contributed by atoms with Gasteiger partial charge in [0, 0.05) is 19.3 Å². The van der Waals surface area contributed by atoms with E-state index in [2.05, 4.69) is 10.3 Å². The van der Waals surface area contributed by atoms with Crippen molar-refractivity contribution in [2.75, 3.05) is 26.2 Å². The Kier molecular flexibility index (Phi) is 24.6. The third-order valence-electron chi connectivity index (χ3n) is 2.08. The van der Waals surface area contributed by atoms with Crippen LogP contribution in [0.3, 0.4) is 0 Å². The van der Waals surface area contributed by atoms with Crippen molar-refractivity contribution in [3.63, 3.8) is 0 Å². The van der Waals surface area contributed by atoms with Crippen molar-refractivity contribution in [3.05, 3.63) is 61.8 Å². The third kappa shape index (κ3) is 19.7. The van der Waals surface area contributed by atoms with Gasteiger partial charge in [0.2, 0.25) is 0 Å². The zero-order chi connectivity index (χ0) is 17.1. The molecule has 0 bridgehead atoms. The van der Waals surface area contributed by atoms with Crippen molar-refractivity contribution >= 4 is 6.21 Å². The van der Waals surface area contributed by atoms with Crippen molar-refractivity contribution in [1.29, 1.82) is 0 Å². The van der Waals surface area contributed by atoms with Crippen LogP contribution in [0.4, 0.5) is 0 Å². The van der Waals surface area contributed by atoms with Crippen LogP contribution in [0.2, 0.25) is 0 Å². The van der Waals surface area contributed by atoms with Gasteiger partial charge in [-0.05, 0) is 18.5 Å². The Bertz CT molecular complexity index is 474. The van der Waals surface area contributed by atoms with Crippen LogP contribution in [-0.4, -0.2) is 37.6 Å². The van der Waals surface area contributed by atoms with Crippen LogP contribution < -0.4 is 10.4 Å². The van der Waals surface area contributed by atoms with E-state index in [0.717, 1.165) is 13.0 Å². The smallest absolute Gasteiger partial charge is 0.872 e. The number of para-hydroxylation sites is 1. The van der Waals surface area contributed by atoms with E-state index < -0.39 is 0 Å². The summed E-state index contributed by atoms with van der Waals surface area (Å²) in [6.45, 7) is 2.30. The fourth-order valence-corrected chi connectivity index (χ4v) is 1.25.